The molecule has 19 heavy (non-hydrogen) atoms. The summed E-state index contributed by atoms with van der Waals surface area (Å²) >= 11 is 4.86. The van der Waals surface area contributed by atoms with Gasteiger partial charge in [0, 0.05) is 19.2 Å². The molecule has 0 aliphatic heterocycles. The van der Waals surface area contributed by atoms with E-state index in [0.29, 0.717) is 11.1 Å². The third-order valence-corrected chi connectivity index (χ3v) is 4.53. The standard InChI is InChI=1S/C12H18N2O3S2/c1-8-4-5-10(12(13)18)6-11(8)19(15,16)14-7-9(2)17-3/h4-6,9,14H,7H2,1-3H3,(H2,13,18). The molecular formula is C12H18N2O3S2. The summed E-state index contributed by atoms with van der Waals surface area (Å²) in [5.74, 6) is 0. The minimum atomic E-state index is -3.60. The van der Waals surface area contributed by atoms with Gasteiger partial charge in [0.1, 0.15) is 4.99 Å². The maximum atomic E-state index is 12.2. The van der Waals surface area contributed by atoms with Crippen LogP contribution in [0.5, 0.6) is 0 Å². The Balaban J connectivity index is 3.06. The van der Waals surface area contributed by atoms with Crippen LogP contribution in [0.15, 0.2) is 23.1 Å². The number of rotatable bonds is 6. The first-order valence-corrected chi connectivity index (χ1v) is 7.60. The molecule has 106 valence electrons. The van der Waals surface area contributed by atoms with Gasteiger partial charge in [0.25, 0.3) is 0 Å². The summed E-state index contributed by atoms with van der Waals surface area (Å²) in [7, 11) is -2.07. The Hall–Kier alpha value is -1.02. The van der Waals surface area contributed by atoms with Crippen LogP contribution < -0.4 is 10.5 Å². The van der Waals surface area contributed by atoms with Gasteiger partial charge in [-0.2, -0.15) is 0 Å². The Morgan fingerprint density at radius 1 is 1.53 bits per heavy atom. The van der Waals surface area contributed by atoms with E-state index in [0.717, 1.165) is 0 Å². The van der Waals surface area contributed by atoms with Crippen molar-refractivity contribution in [3.05, 3.63) is 29.3 Å². The predicted molar refractivity (Wildman–Crippen MR) is 78.7 cm³/mol. The highest BCUT2D eigenvalue weighted by Gasteiger charge is 2.18. The minimum Gasteiger partial charge on any atom is -0.389 e. The lowest BCUT2D eigenvalue weighted by Gasteiger charge is -2.13. The fraction of sp³-hybridized carbons (Fsp3) is 0.417. The number of hydrogen-bond acceptors (Lipinski definition) is 4. The van der Waals surface area contributed by atoms with E-state index >= 15 is 0 Å². The molecule has 0 bridgehead atoms. The summed E-state index contributed by atoms with van der Waals surface area (Å²) in [5.41, 5.74) is 6.68. The molecule has 0 amide bonds. The summed E-state index contributed by atoms with van der Waals surface area (Å²) in [5, 5.41) is 0. The Morgan fingerprint density at radius 2 is 2.16 bits per heavy atom. The Bertz CT molecular complexity index is 570. The number of benzene rings is 1. The minimum absolute atomic E-state index is 0.168. The van der Waals surface area contributed by atoms with E-state index in [4.69, 9.17) is 22.7 Å². The van der Waals surface area contributed by atoms with Gasteiger partial charge in [0.2, 0.25) is 10.0 Å². The van der Waals surface area contributed by atoms with Gasteiger partial charge in [-0.25, -0.2) is 13.1 Å². The number of nitrogens with two attached hydrogens (primary N) is 1. The SMILES string of the molecule is COC(C)CNS(=O)(=O)c1cc(C(N)=S)ccc1C. The van der Waals surface area contributed by atoms with Crippen molar-refractivity contribution in [2.45, 2.75) is 24.8 Å². The van der Waals surface area contributed by atoms with Crippen LogP contribution >= 0.6 is 12.2 Å². The number of nitrogens with one attached hydrogen (secondary N) is 1. The highest BCUT2D eigenvalue weighted by molar-refractivity contribution is 7.89. The second-order valence-electron chi connectivity index (χ2n) is 4.24. The van der Waals surface area contributed by atoms with Crippen molar-refractivity contribution in [2.75, 3.05) is 13.7 Å². The lowest BCUT2D eigenvalue weighted by Crippen LogP contribution is -2.32. The zero-order valence-corrected chi connectivity index (χ0v) is 12.8. The van der Waals surface area contributed by atoms with E-state index in [-0.39, 0.29) is 22.5 Å². The topological polar surface area (TPSA) is 81.4 Å². The Kier molecular flexibility index (Phi) is 5.42. The molecule has 0 saturated heterocycles. The first-order chi connectivity index (χ1) is 8.77. The van der Waals surface area contributed by atoms with E-state index in [1.54, 1.807) is 26.0 Å². The fourth-order valence-corrected chi connectivity index (χ4v) is 2.94. The number of thiocarbonyl (C=S) groups is 1. The summed E-state index contributed by atoms with van der Waals surface area (Å²) in [4.78, 5) is 0.350. The van der Waals surface area contributed by atoms with Crippen LogP contribution in [0.3, 0.4) is 0 Å². The van der Waals surface area contributed by atoms with Gasteiger partial charge in [0.05, 0.1) is 11.0 Å². The van der Waals surface area contributed by atoms with Crippen molar-refractivity contribution < 1.29 is 13.2 Å². The highest BCUT2D eigenvalue weighted by Crippen LogP contribution is 2.17. The Morgan fingerprint density at radius 3 is 2.68 bits per heavy atom. The number of aryl methyl sites for hydroxylation is 1. The molecule has 1 atom stereocenters. The van der Waals surface area contributed by atoms with E-state index in [1.165, 1.54) is 13.2 Å². The van der Waals surface area contributed by atoms with Crippen molar-refractivity contribution in [1.29, 1.82) is 0 Å². The zero-order valence-electron chi connectivity index (χ0n) is 11.1. The molecule has 3 N–H and O–H groups in total. The fourth-order valence-electron chi connectivity index (χ4n) is 1.43. The molecule has 1 aromatic carbocycles. The normalized spacial score (nSPS) is 13.2. The maximum Gasteiger partial charge on any atom is 0.240 e. The van der Waals surface area contributed by atoms with Crippen molar-refractivity contribution in [1.82, 2.24) is 4.72 Å². The van der Waals surface area contributed by atoms with Crippen LogP contribution in [-0.4, -0.2) is 33.2 Å². The highest BCUT2D eigenvalue weighted by atomic mass is 32.2. The molecule has 0 heterocycles. The zero-order chi connectivity index (χ0) is 14.6. The van der Waals surface area contributed by atoms with Crippen LogP contribution in [-0.2, 0) is 14.8 Å². The van der Waals surface area contributed by atoms with Gasteiger partial charge in [-0.1, -0.05) is 24.4 Å². The quantitative estimate of drug-likeness (QED) is 0.764. The molecule has 0 aliphatic rings. The summed E-state index contributed by atoms with van der Waals surface area (Å²) in [6.45, 7) is 3.70. The lowest BCUT2D eigenvalue weighted by molar-refractivity contribution is 0.122. The van der Waals surface area contributed by atoms with Crippen LogP contribution in [0.1, 0.15) is 18.1 Å². The third kappa shape index (κ3) is 4.24. The van der Waals surface area contributed by atoms with Crippen LogP contribution in [0.25, 0.3) is 0 Å². The largest absolute Gasteiger partial charge is 0.389 e. The van der Waals surface area contributed by atoms with Gasteiger partial charge in [0.15, 0.2) is 0 Å². The van der Waals surface area contributed by atoms with Crippen molar-refractivity contribution >= 4 is 27.2 Å². The predicted octanol–water partition coefficient (Wildman–Crippen LogP) is 0.942. The molecule has 1 unspecified atom stereocenters. The summed E-state index contributed by atoms with van der Waals surface area (Å²) < 4.78 is 31.9. The van der Waals surface area contributed by atoms with Gasteiger partial charge in [-0.3, -0.25) is 0 Å². The molecule has 7 heteroatoms. The number of sulfonamides is 1. The van der Waals surface area contributed by atoms with Crippen LogP contribution in [0, 0.1) is 6.92 Å². The van der Waals surface area contributed by atoms with E-state index in [2.05, 4.69) is 4.72 Å². The number of methoxy groups -OCH3 is 1. The van der Waals surface area contributed by atoms with E-state index in [9.17, 15) is 8.42 Å². The monoisotopic (exact) mass is 302 g/mol. The first-order valence-electron chi connectivity index (χ1n) is 5.71. The Labute approximate surface area is 119 Å². The molecule has 1 aromatic rings. The smallest absolute Gasteiger partial charge is 0.240 e. The van der Waals surface area contributed by atoms with Crippen LogP contribution in [0.4, 0.5) is 0 Å². The second-order valence-corrected chi connectivity index (χ2v) is 6.42. The van der Waals surface area contributed by atoms with Crippen LogP contribution in [0.2, 0.25) is 0 Å². The lowest BCUT2D eigenvalue weighted by atomic mass is 10.1. The van der Waals surface area contributed by atoms with Gasteiger partial charge >= 0.3 is 0 Å². The van der Waals surface area contributed by atoms with E-state index in [1.807, 2.05) is 0 Å². The molecule has 5 nitrogen and oxygen atoms in total. The summed E-state index contributed by atoms with van der Waals surface area (Å²) in [6.07, 6.45) is -0.200. The van der Waals surface area contributed by atoms with Gasteiger partial charge in [-0.15, -0.1) is 0 Å². The maximum absolute atomic E-state index is 12.2. The molecule has 0 aliphatic carbocycles. The molecule has 0 spiro atoms. The third-order valence-electron chi connectivity index (χ3n) is 2.73. The average molecular weight is 302 g/mol. The molecule has 0 aromatic heterocycles. The van der Waals surface area contributed by atoms with E-state index < -0.39 is 10.0 Å². The van der Waals surface area contributed by atoms with Crippen molar-refractivity contribution in [2.24, 2.45) is 5.73 Å². The molecule has 1 rings (SSSR count). The average Bonchev–Trinajstić information content (AvgIpc) is 2.36. The summed E-state index contributed by atoms with van der Waals surface area (Å²) in [6, 6.07) is 4.87. The number of hydrogen-bond donors (Lipinski definition) is 2. The molecule has 0 radical (unpaired) electrons. The van der Waals surface area contributed by atoms with Gasteiger partial charge < -0.3 is 10.5 Å². The van der Waals surface area contributed by atoms with Gasteiger partial charge in [-0.05, 0) is 25.5 Å². The molecule has 0 saturated carbocycles. The van der Waals surface area contributed by atoms with Crippen molar-refractivity contribution in [3.63, 3.8) is 0 Å². The second kappa shape index (κ2) is 6.42. The van der Waals surface area contributed by atoms with Crippen molar-refractivity contribution in [3.8, 4) is 0 Å². The number of ether oxygens (including phenoxy) is 1. The first kappa shape index (κ1) is 16.0. The molecule has 0 fully saturated rings. The molecular weight excluding hydrogens is 284 g/mol.